The topological polar surface area (TPSA) is 3.24 Å². The molecule has 5 fully saturated rings. The molecule has 0 aromatic carbocycles. The van der Waals surface area contributed by atoms with E-state index in [-0.39, 0.29) is 0 Å². The van der Waals surface area contributed by atoms with Crippen molar-refractivity contribution in [3.8, 4) is 0 Å². The van der Waals surface area contributed by atoms with Crippen LogP contribution in [0.4, 0.5) is 0 Å². The van der Waals surface area contributed by atoms with E-state index in [4.69, 9.17) is 0 Å². The Labute approximate surface area is 119 Å². The number of likely N-dealkylation sites (tertiary alicyclic amines) is 1. The van der Waals surface area contributed by atoms with E-state index in [0.717, 1.165) is 29.8 Å². The van der Waals surface area contributed by atoms with Crippen molar-refractivity contribution in [1.29, 1.82) is 0 Å². The van der Waals surface area contributed by atoms with Crippen LogP contribution in [-0.4, -0.2) is 22.5 Å². The smallest absolute Gasteiger partial charge is 0.0223 e. The Morgan fingerprint density at radius 1 is 0.789 bits per heavy atom. The Morgan fingerprint density at radius 2 is 1.21 bits per heavy atom. The molecule has 0 amide bonds. The van der Waals surface area contributed by atoms with Crippen LogP contribution >= 0.6 is 0 Å². The zero-order valence-electron chi connectivity index (χ0n) is 12.9. The average molecular weight is 261 g/mol. The highest BCUT2D eigenvalue weighted by Gasteiger charge is 2.56. The van der Waals surface area contributed by atoms with Crippen LogP contribution in [-0.2, 0) is 0 Å². The van der Waals surface area contributed by atoms with Crippen LogP contribution in [0.2, 0.25) is 0 Å². The third-order valence-electron chi connectivity index (χ3n) is 7.12. The summed E-state index contributed by atoms with van der Waals surface area (Å²) in [5.41, 5.74) is 0.659. The van der Waals surface area contributed by atoms with Crippen molar-refractivity contribution >= 4 is 0 Å². The van der Waals surface area contributed by atoms with E-state index in [2.05, 4.69) is 18.7 Å². The van der Waals surface area contributed by atoms with E-state index in [1.54, 1.807) is 38.5 Å². The molecule has 0 radical (unpaired) electrons. The van der Waals surface area contributed by atoms with E-state index < -0.39 is 0 Å². The molecule has 108 valence electrons. The third-order valence-corrected chi connectivity index (χ3v) is 7.12. The highest BCUT2D eigenvalue weighted by Crippen LogP contribution is 2.59. The number of hydrogen-bond acceptors (Lipinski definition) is 1. The Balaban J connectivity index is 1.66. The lowest BCUT2D eigenvalue weighted by molar-refractivity contribution is -0.109. The average Bonchev–Trinajstić information content (AvgIpc) is 2.80. The summed E-state index contributed by atoms with van der Waals surface area (Å²) in [7, 11) is 0. The van der Waals surface area contributed by atoms with Crippen molar-refractivity contribution in [1.82, 2.24) is 4.90 Å². The summed E-state index contributed by atoms with van der Waals surface area (Å²) in [6.07, 6.45) is 15.2. The lowest BCUT2D eigenvalue weighted by Gasteiger charge is -2.62. The zero-order valence-corrected chi connectivity index (χ0v) is 12.9. The van der Waals surface area contributed by atoms with Crippen molar-refractivity contribution in [2.45, 2.75) is 95.7 Å². The molecule has 5 rings (SSSR count). The minimum atomic E-state index is 0.659. The first-order valence-corrected chi connectivity index (χ1v) is 9.02. The molecular weight excluding hydrogens is 230 g/mol. The molecule has 0 unspecified atom stereocenters. The van der Waals surface area contributed by atoms with Gasteiger partial charge in [-0.05, 0) is 82.0 Å². The first-order chi connectivity index (χ1) is 9.24. The summed E-state index contributed by atoms with van der Waals surface area (Å²) in [5.74, 6) is 3.30. The fourth-order valence-corrected chi connectivity index (χ4v) is 6.92. The molecule has 1 heteroatoms. The molecule has 4 saturated carbocycles. The van der Waals surface area contributed by atoms with E-state index >= 15 is 0 Å². The van der Waals surface area contributed by atoms with Crippen LogP contribution in [0.25, 0.3) is 0 Å². The van der Waals surface area contributed by atoms with Gasteiger partial charge in [0.15, 0.2) is 0 Å². The Bertz CT molecular complexity index is 300. The predicted octanol–water partition coefficient (Wildman–Crippen LogP) is 4.61. The molecule has 1 saturated heterocycles. The van der Waals surface area contributed by atoms with Gasteiger partial charge in [0.1, 0.15) is 0 Å². The minimum Gasteiger partial charge on any atom is -0.292 e. The monoisotopic (exact) mass is 261 g/mol. The zero-order chi connectivity index (χ0) is 13.0. The fraction of sp³-hybridized carbons (Fsp3) is 1.00. The summed E-state index contributed by atoms with van der Waals surface area (Å²) in [4.78, 5) is 3.09. The normalized spacial score (nSPS) is 53.1. The molecule has 1 aliphatic heterocycles. The van der Waals surface area contributed by atoms with Gasteiger partial charge >= 0.3 is 0 Å². The summed E-state index contributed by atoms with van der Waals surface area (Å²) in [5, 5.41) is 0. The van der Waals surface area contributed by atoms with Gasteiger partial charge < -0.3 is 0 Å². The molecule has 5 aliphatic rings. The molecule has 0 spiro atoms. The second-order valence-electron chi connectivity index (χ2n) is 8.25. The van der Waals surface area contributed by atoms with Gasteiger partial charge in [-0.25, -0.2) is 0 Å². The minimum absolute atomic E-state index is 0.659. The summed E-state index contributed by atoms with van der Waals surface area (Å²) in [6, 6.07) is 1.84. The fourth-order valence-electron chi connectivity index (χ4n) is 6.92. The maximum Gasteiger partial charge on any atom is 0.0223 e. The van der Waals surface area contributed by atoms with Crippen molar-refractivity contribution in [3.63, 3.8) is 0 Å². The molecular formula is C18H31N. The first kappa shape index (κ1) is 12.7. The van der Waals surface area contributed by atoms with E-state index in [1.165, 1.54) is 25.7 Å². The standard InChI is InChI=1S/C18H31N/c1-3-16-5-6-17(4-2)19(16)18-10-13-7-14(11-18)9-15(8-13)12-18/h13-17H,3-12H2,1-2H3/t13?,14?,15?,16-,17+,18?. The van der Waals surface area contributed by atoms with Gasteiger partial charge in [-0.3, -0.25) is 4.90 Å². The quantitative estimate of drug-likeness (QED) is 0.717. The van der Waals surface area contributed by atoms with E-state index in [0.29, 0.717) is 5.54 Å². The Hall–Kier alpha value is -0.0400. The number of hydrogen-bond donors (Lipinski definition) is 0. The van der Waals surface area contributed by atoms with Crippen LogP contribution in [0.5, 0.6) is 0 Å². The van der Waals surface area contributed by atoms with Crippen LogP contribution < -0.4 is 0 Å². The molecule has 0 N–H and O–H groups in total. The molecule has 1 heterocycles. The SMILES string of the molecule is CC[C@@H]1CC[C@H](CC)N1C12CC3CC(CC(C3)C1)C2. The second kappa shape index (κ2) is 4.48. The van der Waals surface area contributed by atoms with Gasteiger partial charge in [-0.2, -0.15) is 0 Å². The predicted molar refractivity (Wildman–Crippen MR) is 80.1 cm³/mol. The van der Waals surface area contributed by atoms with Gasteiger partial charge in [0.2, 0.25) is 0 Å². The molecule has 2 atom stereocenters. The molecule has 0 aromatic rings. The van der Waals surface area contributed by atoms with Crippen LogP contribution in [0, 0.1) is 17.8 Å². The maximum absolute atomic E-state index is 3.09. The van der Waals surface area contributed by atoms with Crippen molar-refractivity contribution in [2.75, 3.05) is 0 Å². The maximum atomic E-state index is 3.09. The molecule has 4 bridgehead atoms. The van der Waals surface area contributed by atoms with E-state index in [1.807, 2.05) is 0 Å². The van der Waals surface area contributed by atoms with Crippen molar-refractivity contribution < 1.29 is 0 Å². The number of nitrogens with zero attached hydrogens (tertiary/aromatic N) is 1. The molecule has 4 aliphatic carbocycles. The van der Waals surface area contributed by atoms with Crippen LogP contribution in [0.3, 0.4) is 0 Å². The molecule has 1 nitrogen and oxygen atoms in total. The Kier molecular flexibility index (Phi) is 2.99. The summed E-state index contributed by atoms with van der Waals surface area (Å²) in [6.45, 7) is 4.85. The molecule has 0 aromatic heterocycles. The summed E-state index contributed by atoms with van der Waals surface area (Å²) < 4.78 is 0. The van der Waals surface area contributed by atoms with Gasteiger partial charge in [0, 0.05) is 17.6 Å². The van der Waals surface area contributed by atoms with E-state index in [9.17, 15) is 0 Å². The highest BCUT2D eigenvalue weighted by molar-refractivity contribution is 5.11. The van der Waals surface area contributed by atoms with Crippen molar-refractivity contribution in [3.05, 3.63) is 0 Å². The first-order valence-electron chi connectivity index (χ1n) is 9.02. The lowest BCUT2D eigenvalue weighted by Crippen LogP contribution is -2.62. The second-order valence-corrected chi connectivity index (χ2v) is 8.25. The Morgan fingerprint density at radius 3 is 1.58 bits per heavy atom. The third kappa shape index (κ3) is 1.83. The van der Waals surface area contributed by atoms with Gasteiger partial charge in [0.05, 0.1) is 0 Å². The molecule has 19 heavy (non-hydrogen) atoms. The van der Waals surface area contributed by atoms with Gasteiger partial charge in [0.25, 0.3) is 0 Å². The largest absolute Gasteiger partial charge is 0.292 e. The summed E-state index contributed by atoms with van der Waals surface area (Å²) >= 11 is 0. The van der Waals surface area contributed by atoms with Crippen LogP contribution in [0.1, 0.15) is 78.1 Å². The lowest BCUT2D eigenvalue weighted by atomic mass is 9.52. The van der Waals surface area contributed by atoms with Gasteiger partial charge in [-0.15, -0.1) is 0 Å². The highest BCUT2D eigenvalue weighted by atomic mass is 15.3. The number of rotatable bonds is 3. The van der Waals surface area contributed by atoms with Gasteiger partial charge in [-0.1, -0.05) is 13.8 Å². The van der Waals surface area contributed by atoms with Crippen molar-refractivity contribution in [2.24, 2.45) is 17.8 Å². The van der Waals surface area contributed by atoms with Crippen LogP contribution in [0.15, 0.2) is 0 Å².